The number of nitrogens with one attached hydrogen (secondary N) is 2. The summed E-state index contributed by atoms with van der Waals surface area (Å²) in [6.07, 6.45) is 1.07. The van der Waals surface area contributed by atoms with Crippen LogP contribution in [0.3, 0.4) is 0 Å². The molecule has 2 N–H and O–H groups in total. The third-order valence-corrected chi connectivity index (χ3v) is 3.83. The molecule has 1 aromatic heterocycles. The lowest BCUT2D eigenvalue weighted by Gasteiger charge is -2.08. The maximum atomic E-state index is 12.2. The highest BCUT2D eigenvalue weighted by Crippen LogP contribution is 2.17. The normalized spacial score (nSPS) is 10.2. The fourth-order valence-electron chi connectivity index (χ4n) is 1.81. The van der Waals surface area contributed by atoms with Gasteiger partial charge in [-0.15, -0.1) is 0 Å². The first-order valence-corrected chi connectivity index (χ1v) is 7.68. The molecule has 0 saturated carbocycles. The van der Waals surface area contributed by atoms with Crippen LogP contribution in [0.2, 0.25) is 0 Å². The number of halogens is 1. The molecule has 0 unspecified atom stereocenters. The molecule has 0 aliphatic carbocycles. The Morgan fingerprint density at radius 1 is 1.19 bits per heavy atom. The summed E-state index contributed by atoms with van der Waals surface area (Å²) in [4.78, 5) is 16.5. The highest BCUT2D eigenvalue weighted by molar-refractivity contribution is 9.10. The van der Waals surface area contributed by atoms with Crippen LogP contribution in [0.4, 0.5) is 11.5 Å². The van der Waals surface area contributed by atoms with Gasteiger partial charge in [0.25, 0.3) is 5.91 Å². The second kappa shape index (κ2) is 7.22. The number of pyridine rings is 1. The summed E-state index contributed by atoms with van der Waals surface area (Å²) in [5, 5.41) is 6.07. The number of aryl methyl sites for hydroxylation is 1. The second-order valence-corrected chi connectivity index (χ2v) is 5.58. The van der Waals surface area contributed by atoms with Crippen LogP contribution in [0, 0.1) is 6.92 Å². The monoisotopic (exact) mass is 347 g/mol. The SMILES string of the molecule is CCCNc1ccc(C(=O)Nc2ccc(Br)c(C)n2)cc1. The first-order chi connectivity index (χ1) is 10.1. The maximum absolute atomic E-state index is 12.2. The first-order valence-electron chi connectivity index (χ1n) is 6.88. The number of anilines is 2. The average molecular weight is 348 g/mol. The van der Waals surface area contributed by atoms with Crippen molar-refractivity contribution in [2.24, 2.45) is 0 Å². The number of hydrogen-bond donors (Lipinski definition) is 2. The minimum atomic E-state index is -0.161. The number of amides is 1. The van der Waals surface area contributed by atoms with E-state index in [1.165, 1.54) is 0 Å². The molecule has 0 aliphatic heterocycles. The molecule has 2 rings (SSSR count). The molecule has 4 nitrogen and oxygen atoms in total. The molecule has 0 saturated heterocycles. The van der Waals surface area contributed by atoms with Crippen LogP contribution in [0.1, 0.15) is 29.4 Å². The fraction of sp³-hybridized carbons (Fsp3) is 0.250. The molecule has 0 spiro atoms. The van der Waals surface area contributed by atoms with Crippen molar-refractivity contribution < 1.29 is 4.79 Å². The summed E-state index contributed by atoms with van der Waals surface area (Å²) >= 11 is 3.39. The zero-order chi connectivity index (χ0) is 15.2. The van der Waals surface area contributed by atoms with E-state index in [0.717, 1.165) is 28.8 Å². The molecule has 0 atom stereocenters. The summed E-state index contributed by atoms with van der Waals surface area (Å²) < 4.78 is 0.923. The smallest absolute Gasteiger partial charge is 0.256 e. The van der Waals surface area contributed by atoms with Gasteiger partial charge in [0.2, 0.25) is 0 Å². The lowest BCUT2D eigenvalue weighted by atomic mass is 10.2. The Bertz CT molecular complexity index is 626. The van der Waals surface area contributed by atoms with E-state index in [-0.39, 0.29) is 5.91 Å². The summed E-state index contributed by atoms with van der Waals surface area (Å²) in [5.41, 5.74) is 2.47. The minimum Gasteiger partial charge on any atom is -0.385 e. The van der Waals surface area contributed by atoms with Crippen LogP contribution in [-0.4, -0.2) is 17.4 Å². The Morgan fingerprint density at radius 2 is 1.90 bits per heavy atom. The number of hydrogen-bond acceptors (Lipinski definition) is 3. The van der Waals surface area contributed by atoms with Gasteiger partial charge in [-0.05, 0) is 65.7 Å². The zero-order valence-corrected chi connectivity index (χ0v) is 13.7. The highest BCUT2D eigenvalue weighted by atomic mass is 79.9. The standard InChI is InChI=1S/C16H18BrN3O/c1-3-10-18-13-6-4-12(5-7-13)16(21)20-15-9-8-14(17)11(2)19-15/h4-9,18H,3,10H2,1-2H3,(H,19,20,21). The van der Waals surface area contributed by atoms with E-state index in [1.807, 2.05) is 25.1 Å². The summed E-state index contributed by atoms with van der Waals surface area (Å²) in [6, 6.07) is 11.1. The molecule has 1 amide bonds. The molecule has 0 radical (unpaired) electrons. The van der Waals surface area contributed by atoms with Gasteiger partial charge < -0.3 is 10.6 Å². The maximum Gasteiger partial charge on any atom is 0.256 e. The number of carbonyl (C=O) groups is 1. The van der Waals surface area contributed by atoms with E-state index in [1.54, 1.807) is 18.2 Å². The Hall–Kier alpha value is -1.88. The fourth-order valence-corrected chi connectivity index (χ4v) is 2.03. The van der Waals surface area contributed by atoms with Crippen LogP contribution in [0.25, 0.3) is 0 Å². The molecular formula is C16H18BrN3O. The van der Waals surface area contributed by atoms with Gasteiger partial charge in [0.1, 0.15) is 5.82 Å². The van der Waals surface area contributed by atoms with Gasteiger partial charge in [0, 0.05) is 22.3 Å². The number of aromatic nitrogens is 1. The van der Waals surface area contributed by atoms with Gasteiger partial charge in [-0.25, -0.2) is 4.98 Å². The van der Waals surface area contributed by atoms with Crippen LogP contribution < -0.4 is 10.6 Å². The van der Waals surface area contributed by atoms with Crippen molar-refractivity contribution in [3.8, 4) is 0 Å². The van der Waals surface area contributed by atoms with E-state index in [2.05, 4.69) is 38.5 Å². The Labute approximate surface area is 133 Å². The average Bonchev–Trinajstić information content (AvgIpc) is 2.49. The summed E-state index contributed by atoms with van der Waals surface area (Å²) in [7, 11) is 0. The molecule has 21 heavy (non-hydrogen) atoms. The first kappa shape index (κ1) is 15.5. The van der Waals surface area contributed by atoms with Gasteiger partial charge in [-0.2, -0.15) is 0 Å². The molecule has 0 bridgehead atoms. The molecular weight excluding hydrogens is 330 g/mol. The van der Waals surface area contributed by atoms with E-state index in [4.69, 9.17) is 0 Å². The zero-order valence-electron chi connectivity index (χ0n) is 12.1. The second-order valence-electron chi connectivity index (χ2n) is 4.72. The van der Waals surface area contributed by atoms with Gasteiger partial charge in [0.15, 0.2) is 0 Å². The van der Waals surface area contributed by atoms with Crippen molar-refractivity contribution in [2.75, 3.05) is 17.2 Å². The van der Waals surface area contributed by atoms with Crippen LogP contribution >= 0.6 is 15.9 Å². The minimum absolute atomic E-state index is 0.161. The van der Waals surface area contributed by atoms with Crippen molar-refractivity contribution >= 4 is 33.3 Å². The largest absolute Gasteiger partial charge is 0.385 e. The van der Waals surface area contributed by atoms with Crippen LogP contribution in [0.15, 0.2) is 40.9 Å². The van der Waals surface area contributed by atoms with E-state index in [9.17, 15) is 4.79 Å². The summed E-state index contributed by atoms with van der Waals surface area (Å²) in [5.74, 6) is 0.389. The van der Waals surface area contributed by atoms with Crippen molar-refractivity contribution in [3.05, 3.63) is 52.1 Å². The third kappa shape index (κ3) is 4.29. The number of rotatable bonds is 5. The van der Waals surface area contributed by atoms with Gasteiger partial charge >= 0.3 is 0 Å². The highest BCUT2D eigenvalue weighted by Gasteiger charge is 2.07. The van der Waals surface area contributed by atoms with Crippen molar-refractivity contribution in [1.82, 2.24) is 4.98 Å². The third-order valence-electron chi connectivity index (χ3n) is 2.99. The topological polar surface area (TPSA) is 54.0 Å². The van der Waals surface area contributed by atoms with Gasteiger partial charge in [0.05, 0.1) is 5.69 Å². The van der Waals surface area contributed by atoms with Crippen LogP contribution in [-0.2, 0) is 0 Å². The molecule has 0 fully saturated rings. The van der Waals surface area contributed by atoms with E-state index < -0.39 is 0 Å². The number of nitrogens with zero attached hydrogens (tertiary/aromatic N) is 1. The molecule has 110 valence electrons. The molecule has 1 aromatic carbocycles. The molecule has 0 aliphatic rings. The molecule has 5 heteroatoms. The van der Waals surface area contributed by atoms with Crippen molar-refractivity contribution in [1.29, 1.82) is 0 Å². The summed E-state index contributed by atoms with van der Waals surface area (Å²) in [6.45, 7) is 4.92. The van der Waals surface area contributed by atoms with Gasteiger partial charge in [-0.3, -0.25) is 4.79 Å². The Balaban J connectivity index is 2.04. The lowest BCUT2D eigenvalue weighted by Crippen LogP contribution is -2.13. The number of carbonyl (C=O) groups excluding carboxylic acids is 1. The van der Waals surface area contributed by atoms with Crippen LogP contribution in [0.5, 0.6) is 0 Å². The number of benzene rings is 1. The van der Waals surface area contributed by atoms with E-state index in [0.29, 0.717) is 11.4 Å². The predicted octanol–water partition coefficient (Wildman–Crippen LogP) is 4.23. The quantitative estimate of drug-likeness (QED) is 0.850. The van der Waals surface area contributed by atoms with E-state index >= 15 is 0 Å². The van der Waals surface area contributed by atoms with Crippen molar-refractivity contribution in [3.63, 3.8) is 0 Å². The predicted molar refractivity (Wildman–Crippen MR) is 89.8 cm³/mol. The Kier molecular flexibility index (Phi) is 5.33. The van der Waals surface area contributed by atoms with Crippen molar-refractivity contribution in [2.45, 2.75) is 20.3 Å². The Morgan fingerprint density at radius 3 is 2.52 bits per heavy atom. The molecule has 2 aromatic rings. The lowest BCUT2D eigenvalue weighted by molar-refractivity contribution is 0.102. The van der Waals surface area contributed by atoms with Gasteiger partial charge in [-0.1, -0.05) is 6.92 Å². The molecule has 1 heterocycles.